The molecule has 0 unspecified atom stereocenters. The molecule has 1 atom stereocenters. The fourth-order valence-electron chi connectivity index (χ4n) is 3.31. The third-order valence-corrected chi connectivity index (χ3v) is 6.92. The van der Waals surface area contributed by atoms with Crippen LogP contribution < -0.4 is 15.0 Å². The zero-order chi connectivity index (χ0) is 21.5. The van der Waals surface area contributed by atoms with Crippen molar-refractivity contribution in [3.63, 3.8) is 0 Å². The van der Waals surface area contributed by atoms with Crippen molar-refractivity contribution in [1.29, 1.82) is 0 Å². The fraction of sp³-hybridized carbons (Fsp3) is 0.250. The number of carbonyl (C=O) groups excluding carboxylic acids is 2. The molecule has 1 aliphatic heterocycles. The number of thiazole rings is 1. The molecule has 2 aromatic carbocycles. The van der Waals surface area contributed by atoms with Gasteiger partial charge in [-0.15, -0.1) is 0 Å². The van der Waals surface area contributed by atoms with Crippen molar-refractivity contribution in [3.8, 4) is 5.75 Å². The van der Waals surface area contributed by atoms with Crippen LogP contribution in [0.25, 0.3) is 10.2 Å². The number of methoxy groups -OCH3 is 1. The van der Waals surface area contributed by atoms with Crippen LogP contribution in [0.2, 0.25) is 0 Å². The smallest absolute Gasteiger partial charge is 0.231 e. The second-order valence-electron chi connectivity index (χ2n) is 7.02. The molecule has 0 bridgehead atoms. The van der Waals surface area contributed by atoms with Gasteiger partial charge in [-0.05, 0) is 30.3 Å². The predicted octanol–water partition coefficient (Wildman–Crippen LogP) is 2.70. The van der Waals surface area contributed by atoms with Gasteiger partial charge in [0.25, 0.3) is 0 Å². The average Bonchev–Trinajstić information content (AvgIpc) is 3.29. The largest absolute Gasteiger partial charge is 0.497 e. The lowest BCUT2D eigenvalue weighted by Gasteiger charge is -2.17. The number of hydrogen-bond acceptors (Lipinski definition) is 7. The molecule has 0 spiro atoms. The zero-order valence-corrected chi connectivity index (χ0v) is 17.9. The van der Waals surface area contributed by atoms with E-state index in [0.29, 0.717) is 26.8 Å². The van der Waals surface area contributed by atoms with Gasteiger partial charge in [0, 0.05) is 31.0 Å². The van der Waals surface area contributed by atoms with Crippen LogP contribution in [-0.4, -0.2) is 45.1 Å². The molecule has 3 aromatic rings. The SMILES string of the molecule is COc1cccc(N2C[C@H](C(=O)Nc3nc4ccc(S(C)(=O)=O)cc4s3)CC2=O)c1. The van der Waals surface area contributed by atoms with Crippen LogP contribution in [0.1, 0.15) is 6.42 Å². The standard InChI is InChI=1S/C20H19N3O5S2/c1-28-14-5-3-4-13(9-14)23-11-12(8-18(23)24)19(25)22-20-21-16-7-6-15(30(2,26)27)10-17(16)29-20/h3-7,9-10,12H,8,11H2,1-2H3,(H,21,22,25)/t12-/m1/s1. The first kappa shape index (κ1) is 20.3. The lowest BCUT2D eigenvalue weighted by atomic mass is 10.1. The van der Waals surface area contributed by atoms with Gasteiger partial charge in [-0.25, -0.2) is 13.4 Å². The normalized spacial score (nSPS) is 16.8. The highest BCUT2D eigenvalue weighted by molar-refractivity contribution is 7.90. The first-order chi connectivity index (χ1) is 14.2. The number of hydrogen-bond donors (Lipinski definition) is 1. The van der Waals surface area contributed by atoms with Crippen molar-refractivity contribution in [3.05, 3.63) is 42.5 Å². The maximum Gasteiger partial charge on any atom is 0.231 e. The number of nitrogens with zero attached hydrogens (tertiary/aromatic N) is 2. The lowest BCUT2D eigenvalue weighted by Crippen LogP contribution is -2.28. The minimum Gasteiger partial charge on any atom is -0.497 e. The predicted molar refractivity (Wildman–Crippen MR) is 115 cm³/mol. The Kier molecular flexibility index (Phi) is 5.20. The van der Waals surface area contributed by atoms with Crippen LogP contribution in [0.3, 0.4) is 0 Å². The summed E-state index contributed by atoms with van der Waals surface area (Å²) < 4.78 is 29.3. The van der Waals surface area contributed by atoms with Gasteiger partial charge in [0.2, 0.25) is 11.8 Å². The van der Waals surface area contributed by atoms with Crippen molar-refractivity contribution in [2.24, 2.45) is 5.92 Å². The number of benzene rings is 2. The van der Waals surface area contributed by atoms with Crippen molar-refractivity contribution in [2.45, 2.75) is 11.3 Å². The van der Waals surface area contributed by atoms with E-state index in [4.69, 9.17) is 4.74 Å². The van der Waals surface area contributed by atoms with Crippen molar-refractivity contribution in [1.82, 2.24) is 4.98 Å². The summed E-state index contributed by atoms with van der Waals surface area (Å²) in [4.78, 5) is 31.3. The van der Waals surface area contributed by atoms with E-state index in [-0.39, 0.29) is 29.7 Å². The topological polar surface area (TPSA) is 106 Å². The highest BCUT2D eigenvalue weighted by Gasteiger charge is 2.35. The Morgan fingerprint density at radius 1 is 1.27 bits per heavy atom. The maximum absolute atomic E-state index is 12.7. The number of nitrogens with one attached hydrogen (secondary N) is 1. The molecule has 10 heteroatoms. The Morgan fingerprint density at radius 2 is 2.07 bits per heavy atom. The van der Waals surface area contributed by atoms with E-state index >= 15 is 0 Å². The molecule has 2 heterocycles. The monoisotopic (exact) mass is 445 g/mol. The minimum absolute atomic E-state index is 0.103. The summed E-state index contributed by atoms with van der Waals surface area (Å²) in [6.07, 6.45) is 1.25. The molecule has 0 radical (unpaired) electrons. The van der Waals surface area contributed by atoms with Gasteiger partial charge < -0.3 is 15.0 Å². The van der Waals surface area contributed by atoms with E-state index in [1.807, 2.05) is 0 Å². The van der Waals surface area contributed by atoms with Gasteiger partial charge >= 0.3 is 0 Å². The maximum atomic E-state index is 12.7. The highest BCUT2D eigenvalue weighted by Crippen LogP contribution is 2.31. The van der Waals surface area contributed by atoms with Gasteiger partial charge in [0.05, 0.1) is 28.1 Å². The van der Waals surface area contributed by atoms with E-state index in [1.54, 1.807) is 48.4 Å². The molecule has 156 valence electrons. The third kappa shape index (κ3) is 4.01. The third-order valence-electron chi connectivity index (χ3n) is 4.88. The number of fused-ring (bicyclic) bond motifs is 1. The van der Waals surface area contributed by atoms with Crippen LogP contribution >= 0.6 is 11.3 Å². The van der Waals surface area contributed by atoms with Gasteiger partial charge in [-0.2, -0.15) is 0 Å². The molecular formula is C20H19N3O5S2. The van der Waals surface area contributed by atoms with Crippen LogP contribution in [0.15, 0.2) is 47.4 Å². The molecule has 1 aromatic heterocycles. The van der Waals surface area contributed by atoms with Gasteiger partial charge in [-0.3, -0.25) is 9.59 Å². The van der Waals surface area contributed by atoms with Crippen molar-refractivity contribution in [2.75, 3.05) is 30.1 Å². The quantitative estimate of drug-likeness (QED) is 0.647. The number of carbonyl (C=O) groups is 2. The Bertz CT molecular complexity index is 1250. The van der Waals surface area contributed by atoms with Crippen molar-refractivity contribution < 1.29 is 22.7 Å². The number of ether oxygens (including phenoxy) is 1. The van der Waals surface area contributed by atoms with Crippen LogP contribution in [0.4, 0.5) is 10.8 Å². The molecular weight excluding hydrogens is 426 g/mol. The number of aromatic nitrogens is 1. The zero-order valence-electron chi connectivity index (χ0n) is 16.3. The number of amides is 2. The highest BCUT2D eigenvalue weighted by atomic mass is 32.2. The van der Waals surface area contributed by atoms with Gasteiger partial charge in [0.1, 0.15) is 5.75 Å². The number of sulfone groups is 1. The first-order valence-corrected chi connectivity index (χ1v) is 11.8. The van der Waals surface area contributed by atoms with E-state index in [1.165, 1.54) is 17.4 Å². The summed E-state index contributed by atoms with van der Waals surface area (Å²) in [5.41, 5.74) is 1.28. The van der Waals surface area contributed by atoms with Crippen molar-refractivity contribution >= 4 is 54.0 Å². The van der Waals surface area contributed by atoms with E-state index < -0.39 is 15.8 Å². The van der Waals surface area contributed by atoms with Gasteiger partial charge in [0.15, 0.2) is 15.0 Å². The van der Waals surface area contributed by atoms with E-state index in [9.17, 15) is 18.0 Å². The van der Waals surface area contributed by atoms with E-state index in [0.717, 1.165) is 6.26 Å². The molecule has 1 N–H and O–H groups in total. The molecule has 30 heavy (non-hydrogen) atoms. The Balaban J connectivity index is 1.49. The second kappa shape index (κ2) is 7.69. The second-order valence-corrected chi connectivity index (χ2v) is 10.1. The summed E-state index contributed by atoms with van der Waals surface area (Å²) >= 11 is 1.20. The van der Waals surface area contributed by atoms with Crippen LogP contribution in [-0.2, 0) is 19.4 Å². The van der Waals surface area contributed by atoms with E-state index in [2.05, 4.69) is 10.3 Å². The molecule has 0 aliphatic carbocycles. The Morgan fingerprint density at radius 3 is 2.80 bits per heavy atom. The Labute approximate surface area is 177 Å². The van der Waals surface area contributed by atoms with Gasteiger partial charge in [-0.1, -0.05) is 17.4 Å². The Hall–Kier alpha value is -2.98. The summed E-state index contributed by atoms with van der Waals surface area (Å²) in [6, 6.07) is 11.8. The summed E-state index contributed by atoms with van der Waals surface area (Å²) in [7, 11) is -1.77. The van der Waals surface area contributed by atoms with Crippen LogP contribution in [0.5, 0.6) is 5.75 Å². The minimum atomic E-state index is -3.33. The summed E-state index contributed by atoms with van der Waals surface area (Å²) in [5, 5.41) is 3.13. The molecule has 8 nitrogen and oxygen atoms in total. The molecule has 1 saturated heterocycles. The molecule has 1 fully saturated rings. The first-order valence-electron chi connectivity index (χ1n) is 9.10. The molecule has 4 rings (SSSR count). The summed E-state index contributed by atoms with van der Waals surface area (Å²) in [5.74, 6) is -0.305. The number of anilines is 2. The average molecular weight is 446 g/mol. The summed E-state index contributed by atoms with van der Waals surface area (Å²) in [6.45, 7) is 0.265. The number of rotatable bonds is 5. The fourth-order valence-corrected chi connectivity index (χ4v) is 4.94. The lowest BCUT2D eigenvalue weighted by molar-refractivity contribution is -0.122. The van der Waals surface area contributed by atoms with Crippen LogP contribution in [0, 0.1) is 5.92 Å². The molecule has 2 amide bonds. The molecule has 1 aliphatic rings. The molecule has 0 saturated carbocycles.